The molecule has 0 aliphatic carbocycles. The Balaban J connectivity index is 1.68. The fourth-order valence-corrected chi connectivity index (χ4v) is 3.38. The van der Waals surface area contributed by atoms with Gasteiger partial charge in [0, 0.05) is 23.5 Å². The minimum absolute atomic E-state index is 0.183. The third kappa shape index (κ3) is 5.32. The summed E-state index contributed by atoms with van der Waals surface area (Å²) in [7, 11) is 1.55. The van der Waals surface area contributed by atoms with Crippen LogP contribution in [0, 0.1) is 25.2 Å². The van der Waals surface area contributed by atoms with E-state index >= 15 is 0 Å². The number of hydrogen-bond donors (Lipinski definition) is 0. The Morgan fingerprint density at radius 2 is 1.75 bits per heavy atom. The molecule has 1 heterocycles. The molecule has 6 heteroatoms. The van der Waals surface area contributed by atoms with Crippen molar-refractivity contribution in [1.29, 1.82) is 5.26 Å². The maximum Gasteiger partial charge on any atom is 0.349 e. The van der Waals surface area contributed by atoms with Gasteiger partial charge in [-0.25, -0.2) is 4.79 Å². The van der Waals surface area contributed by atoms with E-state index < -0.39 is 12.6 Å². The van der Waals surface area contributed by atoms with Gasteiger partial charge in [0.1, 0.15) is 17.4 Å². The fourth-order valence-electron chi connectivity index (χ4n) is 3.38. The quantitative estimate of drug-likeness (QED) is 0.228. The van der Waals surface area contributed by atoms with Crippen molar-refractivity contribution in [2.24, 2.45) is 0 Å². The number of Topliss-reactive ketones (excluding diaryl/α,β-unsaturated/α-hetero) is 1. The van der Waals surface area contributed by atoms with Gasteiger partial charge >= 0.3 is 5.97 Å². The number of benzene rings is 2. The highest BCUT2D eigenvalue weighted by Crippen LogP contribution is 2.19. The van der Waals surface area contributed by atoms with Crippen molar-refractivity contribution in [1.82, 2.24) is 4.57 Å². The zero-order valence-corrected chi connectivity index (χ0v) is 18.3. The van der Waals surface area contributed by atoms with Crippen LogP contribution in [-0.2, 0) is 16.1 Å². The molecule has 0 bridgehead atoms. The molecule has 0 unspecified atom stereocenters. The third-order valence-corrected chi connectivity index (χ3v) is 5.16. The van der Waals surface area contributed by atoms with Gasteiger partial charge in [-0.1, -0.05) is 42.5 Å². The molecule has 0 fully saturated rings. The number of aromatic nitrogens is 1. The molecule has 0 radical (unpaired) electrons. The van der Waals surface area contributed by atoms with Gasteiger partial charge in [0.15, 0.2) is 6.61 Å². The van der Waals surface area contributed by atoms with Gasteiger partial charge in [-0.05, 0) is 49.2 Å². The number of hydrogen-bond acceptors (Lipinski definition) is 5. The summed E-state index contributed by atoms with van der Waals surface area (Å²) < 4.78 is 12.3. The molecule has 32 heavy (non-hydrogen) atoms. The average Bonchev–Trinajstić information content (AvgIpc) is 3.10. The number of rotatable bonds is 8. The minimum Gasteiger partial charge on any atom is -0.497 e. The monoisotopic (exact) mass is 428 g/mol. The average molecular weight is 428 g/mol. The predicted octanol–water partition coefficient (Wildman–Crippen LogP) is 4.49. The number of ketones is 1. The molecule has 3 rings (SSSR count). The zero-order valence-electron chi connectivity index (χ0n) is 18.3. The number of carbonyl (C=O) groups excluding carboxylic acids is 2. The van der Waals surface area contributed by atoms with Crippen LogP contribution < -0.4 is 4.74 Å². The van der Waals surface area contributed by atoms with Crippen molar-refractivity contribution in [3.05, 3.63) is 94.3 Å². The minimum atomic E-state index is -0.838. The van der Waals surface area contributed by atoms with E-state index in [9.17, 15) is 14.9 Å². The Morgan fingerprint density at radius 1 is 1.06 bits per heavy atom. The van der Waals surface area contributed by atoms with Gasteiger partial charge < -0.3 is 14.0 Å². The van der Waals surface area contributed by atoms with Crippen LogP contribution in [-0.4, -0.2) is 30.0 Å². The van der Waals surface area contributed by atoms with E-state index in [2.05, 4.69) is 4.57 Å². The SMILES string of the molecule is COc1ccc(/C=C(/C#N)C(=O)OCC(=O)c2cc(C)n(Cc3ccccc3)c2C)cc1. The van der Waals surface area contributed by atoms with Gasteiger partial charge in [0.2, 0.25) is 5.78 Å². The number of carbonyl (C=O) groups is 2. The Hall–Kier alpha value is -4.11. The lowest BCUT2D eigenvalue weighted by Gasteiger charge is -2.10. The van der Waals surface area contributed by atoms with Crippen molar-refractivity contribution in [3.8, 4) is 11.8 Å². The van der Waals surface area contributed by atoms with Crippen molar-refractivity contribution in [3.63, 3.8) is 0 Å². The first kappa shape index (κ1) is 22.6. The molecule has 1 aromatic heterocycles. The van der Waals surface area contributed by atoms with Crippen LogP contribution in [0.2, 0.25) is 0 Å². The normalized spacial score (nSPS) is 11.0. The lowest BCUT2D eigenvalue weighted by Crippen LogP contribution is -2.16. The lowest BCUT2D eigenvalue weighted by molar-refractivity contribution is -0.137. The van der Waals surface area contributed by atoms with Crippen LogP contribution in [0.25, 0.3) is 6.08 Å². The first-order chi connectivity index (χ1) is 15.4. The first-order valence-electron chi connectivity index (χ1n) is 10.1. The maximum atomic E-state index is 12.7. The predicted molar refractivity (Wildman–Crippen MR) is 121 cm³/mol. The van der Waals surface area contributed by atoms with Crippen LogP contribution in [0.5, 0.6) is 5.75 Å². The number of aryl methyl sites for hydroxylation is 1. The summed E-state index contributed by atoms with van der Waals surface area (Å²) in [5.74, 6) is -0.485. The molecule has 0 N–H and O–H groups in total. The highest BCUT2D eigenvalue weighted by Gasteiger charge is 2.19. The molecule has 162 valence electrons. The van der Waals surface area contributed by atoms with E-state index in [4.69, 9.17) is 9.47 Å². The van der Waals surface area contributed by atoms with Gasteiger partial charge in [-0.2, -0.15) is 5.26 Å². The summed E-state index contributed by atoms with van der Waals surface area (Å²) in [6.45, 7) is 4.02. The number of esters is 1. The summed E-state index contributed by atoms with van der Waals surface area (Å²) in [5.41, 5.74) is 3.85. The molecule has 3 aromatic rings. The second-order valence-corrected chi connectivity index (χ2v) is 7.30. The summed E-state index contributed by atoms with van der Waals surface area (Å²) >= 11 is 0. The largest absolute Gasteiger partial charge is 0.497 e. The summed E-state index contributed by atoms with van der Waals surface area (Å²) in [5, 5.41) is 9.33. The Kier molecular flexibility index (Phi) is 7.25. The molecule has 0 saturated carbocycles. The number of ether oxygens (including phenoxy) is 2. The Labute approximate surface area is 187 Å². The van der Waals surface area contributed by atoms with Crippen LogP contribution in [0.3, 0.4) is 0 Å². The highest BCUT2D eigenvalue weighted by molar-refractivity contribution is 6.02. The van der Waals surface area contributed by atoms with Gasteiger partial charge in [0.25, 0.3) is 0 Å². The van der Waals surface area contributed by atoms with Crippen molar-refractivity contribution < 1.29 is 19.1 Å². The van der Waals surface area contributed by atoms with Crippen molar-refractivity contribution in [2.75, 3.05) is 13.7 Å². The molecule has 0 atom stereocenters. The van der Waals surface area contributed by atoms with Crippen molar-refractivity contribution >= 4 is 17.8 Å². The smallest absolute Gasteiger partial charge is 0.349 e. The second kappa shape index (κ2) is 10.3. The molecule has 2 aromatic carbocycles. The second-order valence-electron chi connectivity index (χ2n) is 7.30. The van der Waals surface area contributed by atoms with Gasteiger partial charge in [-0.3, -0.25) is 4.79 Å². The summed E-state index contributed by atoms with van der Waals surface area (Å²) in [4.78, 5) is 25.1. The summed E-state index contributed by atoms with van der Waals surface area (Å²) in [6, 6.07) is 20.5. The van der Waals surface area contributed by atoms with Gasteiger partial charge in [-0.15, -0.1) is 0 Å². The molecule has 0 aliphatic rings. The van der Waals surface area contributed by atoms with E-state index in [1.807, 2.05) is 50.2 Å². The van der Waals surface area contributed by atoms with Crippen LogP contribution in [0.1, 0.15) is 32.9 Å². The number of nitriles is 1. The maximum absolute atomic E-state index is 12.7. The Bertz CT molecular complexity index is 1180. The van der Waals surface area contributed by atoms with E-state index in [0.29, 0.717) is 23.4 Å². The molecule has 6 nitrogen and oxygen atoms in total. The number of methoxy groups -OCH3 is 1. The topological polar surface area (TPSA) is 81.3 Å². The Morgan fingerprint density at radius 3 is 2.38 bits per heavy atom. The van der Waals surface area contributed by atoms with Crippen molar-refractivity contribution in [2.45, 2.75) is 20.4 Å². The van der Waals surface area contributed by atoms with E-state index in [1.54, 1.807) is 37.4 Å². The molecule has 0 spiro atoms. The molecule has 0 amide bonds. The zero-order chi connectivity index (χ0) is 23.1. The lowest BCUT2D eigenvalue weighted by atomic mass is 10.1. The third-order valence-electron chi connectivity index (χ3n) is 5.16. The fraction of sp³-hybridized carbons (Fsp3) is 0.192. The van der Waals surface area contributed by atoms with E-state index in [-0.39, 0.29) is 11.4 Å². The first-order valence-corrected chi connectivity index (χ1v) is 10.1. The number of nitrogens with zero attached hydrogens (tertiary/aromatic N) is 2. The van der Waals surface area contributed by atoms with Crippen LogP contribution in [0.4, 0.5) is 0 Å². The molecular weight excluding hydrogens is 404 g/mol. The standard InChI is InChI=1S/C26H24N2O4/c1-18-13-24(19(2)28(18)16-21-7-5-4-6-8-21)25(29)17-32-26(30)22(15-27)14-20-9-11-23(31-3)12-10-20/h4-14H,16-17H2,1-3H3/b22-14-. The molecule has 0 aliphatic heterocycles. The van der Waals surface area contributed by atoms with Crippen LogP contribution >= 0.6 is 0 Å². The van der Waals surface area contributed by atoms with E-state index in [0.717, 1.165) is 17.0 Å². The van der Waals surface area contributed by atoms with E-state index in [1.165, 1.54) is 6.08 Å². The highest BCUT2D eigenvalue weighted by atomic mass is 16.5. The molecule has 0 saturated heterocycles. The van der Waals surface area contributed by atoms with Gasteiger partial charge in [0.05, 0.1) is 7.11 Å². The van der Waals surface area contributed by atoms with Crippen LogP contribution in [0.15, 0.2) is 66.2 Å². The molecular formula is C26H24N2O4. The summed E-state index contributed by atoms with van der Waals surface area (Å²) in [6.07, 6.45) is 1.41.